The number of nitrogens with zero attached hydrogens (tertiary/aromatic N) is 5. The average Bonchev–Trinajstić information content (AvgIpc) is 2.92. The third kappa shape index (κ3) is 2.12. The molecule has 1 amide bonds. The number of carbonyl (C=O) groups excluding carboxylic acids is 1. The van der Waals surface area contributed by atoms with Crippen molar-refractivity contribution in [1.29, 1.82) is 0 Å². The van der Waals surface area contributed by atoms with E-state index >= 15 is 0 Å². The van der Waals surface area contributed by atoms with Gasteiger partial charge in [0.25, 0.3) is 5.91 Å². The minimum atomic E-state index is -0.148. The first-order valence-corrected chi connectivity index (χ1v) is 7.79. The normalized spacial score (nSPS) is 14.1. The lowest BCUT2D eigenvalue weighted by molar-refractivity contribution is 0.0984. The first kappa shape index (κ1) is 14.6. The van der Waals surface area contributed by atoms with Gasteiger partial charge in [-0.25, -0.2) is 9.97 Å². The van der Waals surface area contributed by atoms with Gasteiger partial charge in [-0.3, -0.25) is 9.69 Å². The summed E-state index contributed by atoms with van der Waals surface area (Å²) in [5.41, 5.74) is 2.67. The molecule has 0 fully saturated rings. The molecule has 4 rings (SSSR count). The molecule has 24 heavy (non-hydrogen) atoms. The van der Waals surface area contributed by atoms with Crippen LogP contribution in [0.25, 0.3) is 11.0 Å². The van der Waals surface area contributed by atoms with Crippen LogP contribution < -0.4 is 9.80 Å². The van der Waals surface area contributed by atoms with Gasteiger partial charge in [-0.15, -0.1) is 0 Å². The van der Waals surface area contributed by atoms with Crippen LogP contribution in [0.3, 0.4) is 0 Å². The van der Waals surface area contributed by atoms with Crippen LogP contribution in [0, 0.1) is 13.8 Å². The van der Waals surface area contributed by atoms with E-state index in [0.29, 0.717) is 41.7 Å². The molecule has 2 aromatic heterocycles. The van der Waals surface area contributed by atoms with Crippen molar-refractivity contribution in [2.24, 2.45) is 0 Å². The molecule has 7 nitrogen and oxygen atoms in total. The SMILES string of the molecule is Cc1noc(C)c1C(=O)N1CCN(C)c2nc3ccccc3nc21. The number of fused-ring (bicyclic) bond motifs is 2. The van der Waals surface area contributed by atoms with E-state index in [1.54, 1.807) is 18.7 Å². The zero-order chi connectivity index (χ0) is 16.8. The molecule has 0 saturated heterocycles. The van der Waals surface area contributed by atoms with Gasteiger partial charge < -0.3 is 9.42 Å². The average molecular weight is 323 g/mol. The summed E-state index contributed by atoms with van der Waals surface area (Å²) in [7, 11) is 1.96. The maximum absolute atomic E-state index is 13.0. The zero-order valence-electron chi connectivity index (χ0n) is 13.8. The number of carbonyl (C=O) groups is 1. The molecule has 0 N–H and O–H groups in total. The molecule has 0 saturated carbocycles. The van der Waals surface area contributed by atoms with Crippen molar-refractivity contribution in [3.63, 3.8) is 0 Å². The van der Waals surface area contributed by atoms with Crippen LogP contribution in [-0.4, -0.2) is 41.2 Å². The van der Waals surface area contributed by atoms with Crippen molar-refractivity contribution in [3.8, 4) is 0 Å². The van der Waals surface area contributed by atoms with Gasteiger partial charge in [0, 0.05) is 20.1 Å². The first-order valence-electron chi connectivity index (χ1n) is 7.79. The van der Waals surface area contributed by atoms with Crippen LogP contribution in [0.5, 0.6) is 0 Å². The Morgan fingerprint density at radius 1 is 1.08 bits per heavy atom. The number of benzene rings is 1. The van der Waals surface area contributed by atoms with Crippen LogP contribution in [0.4, 0.5) is 11.6 Å². The fraction of sp³-hybridized carbons (Fsp3) is 0.294. The van der Waals surface area contributed by atoms with Gasteiger partial charge in [0.1, 0.15) is 11.3 Å². The molecular weight excluding hydrogens is 306 g/mol. The summed E-state index contributed by atoms with van der Waals surface area (Å²) < 4.78 is 5.14. The minimum absolute atomic E-state index is 0.148. The Labute approximate surface area is 138 Å². The number of amides is 1. The van der Waals surface area contributed by atoms with Gasteiger partial charge in [-0.1, -0.05) is 17.3 Å². The third-order valence-corrected chi connectivity index (χ3v) is 4.30. The molecule has 0 aliphatic carbocycles. The van der Waals surface area contributed by atoms with Gasteiger partial charge in [0.15, 0.2) is 11.6 Å². The largest absolute Gasteiger partial charge is 0.361 e. The van der Waals surface area contributed by atoms with E-state index < -0.39 is 0 Å². The molecule has 0 unspecified atom stereocenters. The zero-order valence-corrected chi connectivity index (χ0v) is 13.8. The number of rotatable bonds is 1. The van der Waals surface area contributed by atoms with Crippen LogP contribution in [-0.2, 0) is 0 Å². The third-order valence-electron chi connectivity index (χ3n) is 4.30. The van der Waals surface area contributed by atoms with Gasteiger partial charge >= 0.3 is 0 Å². The number of hydrogen-bond donors (Lipinski definition) is 0. The van der Waals surface area contributed by atoms with Gasteiger partial charge in [-0.2, -0.15) is 0 Å². The predicted octanol–water partition coefficient (Wildman–Crippen LogP) is 2.33. The lowest BCUT2D eigenvalue weighted by Crippen LogP contribution is -2.44. The smallest absolute Gasteiger partial charge is 0.265 e. The van der Waals surface area contributed by atoms with Crippen molar-refractivity contribution in [2.45, 2.75) is 13.8 Å². The van der Waals surface area contributed by atoms with E-state index in [9.17, 15) is 4.79 Å². The summed E-state index contributed by atoms with van der Waals surface area (Å²) >= 11 is 0. The first-order chi connectivity index (χ1) is 11.6. The second-order valence-corrected chi connectivity index (χ2v) is 5.94. The summed E-state index contributed by atoms with van der Waals surface area (Å²) in [6.45, 7) is 4.75. The minimum Gasteiger partial charge on any atom is -0.361 e. The standard InChI is InChI=1S/C17H17N5O2/c1-10-14(11(2)24-20-10)17(23)22-9-8-21(3)15-16(22)19-13-7-5-4-6-12(13)18-15/h4-7H,8-9H2,1-3H3. The highest BCUT2D eigenvalue weighted by atomic mass is 16.5. The highest BCUT2D eigenvalue weighted by Crippen LogP contribution is 2.32. The maximum Gasteiger partial charge on any atom is 0.265 e. The summed E-state index contributed by atoms with van der Waals surface area (Å²) in [4.78, 5) is 26.1. The topological polar surface area (TPSA) is 75.4 Å². The molecule has 3 heterocycles. The molecule has 7 heteroatoms. The van der Waals surface area contributed by atoms with Gasteiger partial charge in [-0.05, 0) is 26.0 Å². The van der Waals surface area contributed by atoms with E-state index in [-0.39, 0.29) is 5.91 Å². The molecule has 122 valence electrons. The van der Waals surface area contributed by atoms with Crippen LogP contribution in [0.2, 0.25) is 0 Å². The van der Waals surface area contributed by atoms with E-state index in [2.05, 4.69) is 15.1 Å². The van der Waals surface area contributed by atoms with E-state index in [1.165, 1.54) is 0 Å². The van der Waals surface area contributed by atoms with E-state index in [1.807, 2.05) is 36.2 Å². The lowest BCUT2D eigenvalue weighted by Gasteiger charge is -2.33. The van der Waals surface area contributed by atoms with Gasteiger partial charge in [0.05, 0.1) is 16.7 Å². The Morgan fingerprint density at radius 3 is 2.38 bits per heavy atom. The van der Waals surface area contributed by atoms with Crippen molar-refractivity contribution in [2.75, 3.05) is 29.9 Å². The Morgan fingerprint density at radius 2 is 1.75 bits per heavy atom. The lowest BCUT2D eigenvalue weighted by atomic mass is 10.1. The fourth-order valence-corrected chi connectivity index (χ4v) is 3.00. The summed E-state index contributed by atoms with van der Waals surface area (Å²) in [5.74, 6) is 1.66. The van der Waals surface area contributed by atoms with Crippen molar-refractivity contribution in [3.05, 3.63) is 41.3 Å². The second-order valence-electron chi connectivity index (χ2n) is 5.94. The van der Waals surface area contributed by atoms with Gasteiger partial charge in [0.2, 0.25) is 0 Å². The molecular formula is C17H17N5O2. The Kier molecular flexibility index (Phi) is 3.23. The molecule has 0 radical (unpaired) electrons. The molecule has 0 atom stereocenters. The number of hydrogen-bond acceptors (Lipinski definition) is 6. The summed E-state index contributed by atoms with van der Waals surface area (Å²) in [6.07, 6.45) is 0. The van der Waals surface area contributed by atoms with Crippen molar-refractivity contribution < 1.29 is 9.32 Å². The number of anilines is 2. The summed E-state index contributed by atoms with van der Waals surface area (Å²) in [5, 5.41) is 3.88. The Hall–Kier alpha value is -2.96. The predicted molar refractivity (Wildman–Crippen MR) is 90.5 cm³/mol. The molecule has 1 aliphatic rings. The van der Waals surface area contributed by atoms with Crippen LogP contribution >= 0.6 is 0 Å². The number of aromatic nitrogens is 3. The van der Waals surface area contributed by atoms with Crippen molar-refractivity contribution in [1.82, 2.24) is 15.1 Å². The Balaban J connectivity index is 1.87. The number of para-hydroxylation sites is 2. The molecule has 1 aliphatic heterocycles. The van der Waals surface area contributed by atoms with E-state index in [4.69, 9.17) is 4.52 Å². The number of likely N-dealkylation sites (N-methyl/N-ethyl adjacent to an activating group) is 1. The van der Waals surface area contributed by atoms with Crippen molar-refractivity contribution >= 4 is 28.6 Å². The fourth-order valence-electron chi connectivity index (χ4n) is 3.00. The quantitative estimate of drug-likeness (QED) is 0.684. The molecule has 0 spiro atoms. The second kappa shape index (κ2) is 5.30. The number of aryl methyl sites for hydroxylation is 2. The molecule has 1 aromatic carbocycles. The maximum atomic E-state index is 13.0. The molecule has 0 bridgehead atoms. The highest BCUT2D eigenvalue weighted by Gasteiger charge is 2.32. The Bertz CT molecular complexity index is 930. The highest BCUT2D eigenvalue weighted by molar-refractivity contribution is 6.09. The van der Waals surface area contributed by atoms with Crippen LogP contribution in [0.15, 0.2) is 28.8 Å². The van der Waals surface area contributed by atoms with E-state index in [0.717, 1.165) is 11.0 Å². The monoisotopic (exact) mass is 323 g/mol. The molecule has 3 aromatic rings. The summed E-state index contributed by atoms with van der Waals surface area (Å²) in [6, 6.07) is 7.66. The van der Waals surface area contributed by atoms with Crippen LogP contribution in [0.1, 0.15) is 21.8 Å².